The predicted octanol–water partition coefficient (Wildman–Crippen LogP) is 0.316. The molecule has 2 atom stereocenters. The average Bonchev–Trinajstić information content (AvgIpc) is 2.23. The highest BCUT2D eigenvalue weighted by molar-refractivity contribution is 5.73. The van der Waals surface area contributed by atoms with Crippen molar-refractivity contribution in [3.05, 3.63) is 12.3 Å². The monoisotopic (exact) mass is 250 g/mol. The summed E-state index contributed by atoms with van der Waals surface area (Å²) in [6.07, 6.45) is -0.612. The molecule has 0 aromatic carbocycles. The van der Waals surface area contributed by atoms with E-state index in [4.69, 9.17) is 15.6 Å². The Balaban J connectivity index is 2.40. The van der Waals surface area contributed by atoms with Crippen LogP contribution in [0.2, 0.25) is 0 Å². The Morgan fingerprint density at radius 3 is 2.88 bits per heavy atom. The molecule has 0 aliphatic carbocycles. The lowest BCUT2D eigenvalue weighted by atomic mass is 10.00. The second kappa shape index (κ2) is 5.42. The number of hydrogen-bond donors (Lipinski definition) is 3. The van der Waals surface area contributed by atoms with Gasteiger partial charge in [0.2, 0.25) is 0 Å². The second-order valence-electron chi connectivity index (χ2n) is 4.04. The molecule has 98 valence electrons. The second-order valence-corrected chi connectivity index (χ2v) is 4.04. The number of halogens is 2. The fourth-order valence-corrected chi connectivity index (χ4v) is 1.50. The van der Waals surface area contributed by atoms with Crippen molar-refractivity contribution in [1.29, 1.82) is 0 Å². The zero-order chi connectivity index (χ0) is 13.1. The Hall–Kier alpha value is -1.21. The fourth-order valence-electron chi connectivity index (χ4n) is 1.50. The van der Waals surface area contributed by atoms with Crippen LogP contribution in [0.1, 0.15) is 12.8 Å². The first-order valence-electron chi connectivity index (χ1n) is 5.23. The van der Waals surface area contributed by atoms with Crippen molar-refractivity contribution in [2.24, 2.45) is 5.73 Å². The van der Waals surface area contributed by atoms with Crippen molar-refractivity contribution in [1.82, 2.24) is 5.32 Å². The van der Waals surface area contributed by atoms with Crippen LogP contribution in [0.25, 0.3) is 0 Å². The number of carboxylic acids is 1. The van der Waals surface area contributed by atoms with Gasteiger partial charge in [-0.15, -0.1) is 0 Å². The first-order valence-corrected chi connectivity index (χ1v) is 5.23. The molecule has 1 saturated heterocycles. The summed E-state index contributed by atoms with van der Waals surface area (Å²) in [5, 5.41) is 11.4. The van der Waals surface area contributed by atoms with Gasteiger partial charge in [0, 0.05) is 19.4 Å². The standard InChI is InChI=1S/C10H16F2N2O3/c1-6(17-5-7(13)9(15)16)8-4-10(11,12)2-3-14-8/h7-8,14H,1-5,13H2,(H,15,16)/t7-,8-/m0/s1. The van der Waals surface area contributed by atoms with E-state index in [0.717, 1.165) is 0 Å². The number of rotatable bonds is 5. The lowest BCUT2D eigenvalue weighted by molar-refractivity contribution is -0.139. The highest BCUT2D eigenvalue weighted by atomic mass is 19.3. The molecular weight excluding hydrogens is 234 g/mol. The normalized spacial score (nSPS) is 25.0. The van der Waals surface area contributed by atoms with Crippen molar-refractivity contribution in [2.75, 3.05) is 13.2 Å². The smallest absolute Gasteiger partial charge is 0.324 e. The molecule has 4 N–H and O–H groups in total. The molecular formula is C10H16F2N2O3. The summed E-state index contributed by atoms with van der Waals surface area (Å²) in [6, 6.07) is -1.85. The van der Waals surface area contributed by atoms with E-state index in [1.807, 2.05) is 0 Å². The van der Waals surface area contributed by atoms with Crippen LogP contribution in [0.4, 0.5) is 8.78 Å². The Morgan fingerprint density at radius 1 is 1.71 bits per heavy atom. The van der Waals surface area contributed by atoms with Gasteiger partial charge in [-0.25, -0.2) is 8.78 Å². The number of aliphatic carboxylic acids is 1. The maximum Gasteiger partial charge on any atom is 0.324 e. The number of carboxylic acid groups (broad SMARTS) is 1. The molecule has 1 heterocycles. The molecule has 0 bridgehead atoms. The van der Waals surface area contributed by atoms with Crippen LogP contribution in [-0.4, -0.2) is 42.2 Å². The zero-order valence-electron chi connectivity index (χ0n) is 9.29. The van der Waals surface area contributed by atoms with Gasteiger partial charge in [0.15, 0.2) is 0 Å². The molecule has 5 nitrogen and oxygen atoms in total. The van der Waals surface area contributed by atoms with Crippen LogP contribution in [-0.2, 0) is 9.53 Å². The Bertz CT molecular complexity index is 310. The number of nitrogens with two attached hydrogens (primary N) is 1. The highest BCUT2D eigenvalue weighted by Crippen LogP contribution is 2.29. The summed E-state index contributed by atoms with van der Waals surface area (Å²) in [5.41, 5.74) is 5.21. The fraction of sp³-hybridized carbons (Fsp3) is 0.700. The molecule has 1 fully saturated rings. The van der Waals surface area contributed by atoms with Gasteiger partial charge in [-0.1, -0.05) is 6.58 Å². The van der Waals surface area contributed by atoms with Gasteiger partial charge in [-0.05, 0) is 0 Å². The third kappa shape index (κ3) is 4.27. The summed E-state index contributed by atoms with van der Waals surface area (Å²) < 4.78 is 31.2. The lowest BCUT2D eigenvalue weighted by Crippen LogP contribution is -2.45. The molecule has 0 amide bonds. The minimum atomic E-state index is -2.74. The van der Waals surface area contributed by atoms with Gasteiger partial charge in [-0.2, -0.15) is 0 Å². The average molecular weight is 250 g/mol. The van der Waals surface area contributed by atoms with Gasteiger partial charge in [0.25, 0.3) is 5.92 Å². The van der Waals surface area contributed by atoms with E-state index in [2.05, 4.69) is 11.9 Å². The van der Waals surface area contributed by atoms with Crippen molar-refractivity contribution >= 4 is 5.97 Å². The molecule has 1 aliphatic heterocycles. The van der Waals surface area contributed by atoms with E-state index in [1.165, 1.54) is 0 Å². The number of piperidine rings is 1. The maximum absolute atomic E-state index is 13.1. The van der Waals surface area contributed by atoms with E-state index < -0.39 is 30.4 Å². The van der Waals surface area contributed by atoms with Gasteiger partial charge in [-0.3, -0.25) is 4.79 Å². The Morgan fingerprint density at radius 2 is 2.35 bits per heavy atom. The van der Waals surface area contributed by atoms with Crippen LogP contribution in [0.3, 0.4) is 0 Å². The molecule has 17 heavy (non-hydrogen) atoms. The molecule has 0 saturated carbocycles. The van der Waals surface area contributed by atoms with Crippen molar-refractivity contribution in [3.8, 4) is 0 Å². The van der Waals surface area contributed by atoms with Crippen molar-refractivity contribution < 1.29 is 23.4 Å². The van der Waals surface area contributed by atoms with Crippen molar-refractivity contribution in [3.63, 3.8) is 0 Å². The molecule has 0 spiro atoms. The summed E-state index contributed by atoms with van der Waals surface area (Å²) in [4.78, 5) is 10.4. The SMILES string of the molecule is C=C(OC[C@H](N)C(=O)O)[C@@H]1CC(F)(F)CCN1. The number of carbonyl (C=O) groups is 1. The molecule has 0 unspecified atom stereocenters. The quantitative estimate of drug-likeness (QED) is 0.612. The molecule has 1 rings (SSSR count). The van der Waals surface area contributed by atoms with E-state index in [9.17, 15) is 13.6 Å². The summed E-state index contributed by atoms with van der Waals surface area (Å²) >= 11 is 0. The molecule has 0 aromatic heterocycles. The van der Waals surface area contributed by atoms with Crippen LogP contribution in [0, 0.1) is 0 Å². The summed E-state index contributed by atoms with van der Waals surface area (Å²) in [7, 11) is 0. The Labute approximate surface area is 97.6 Å². The number of nitrogens with one attached hydrogen (secondary N) is 1. The lowest BCUT2D eigenvalue weighted by Gasteiger charge is -2.31. The van der Waals surface area contributed by atoms with Gasteiger partial charge >= 0.3 is 5.97 Å². The zero-order valence-corrected chi connectivity index (χ0v) is 9.29. The third-order valence-corrected chi connectivity index (χ3v) is 2.54. The van der Waals surface area contributed by atoms with E-state index in [0.29, 0.717) is 0 Å². The van der Waals surface area contributed by atoms with Crippen LogP contribution in [0.5, 0.6) is 0 Å². The van der Waals surface area contributed by atoms with E-state index in [-0.39, 0.29) is 25.3 Å². The van der Waals surface area contributed by atoms with E-state index >= 15 is 0 Å². The molecule has 0 radical (unpaired) electrons. The predicted molar refractivity (Wildman–Crippen MR) is 56.7 cm³/mol. The minimum Gasteiger partial charge on any atom is -0.495 e. The van der Waals surface area contributed by atoms with Crippen LogP contribution < -0.4 is 11.1 Å². The van der Waals surface area contributed by atoms with Gasteiger partial charge in [0.1, 0.15) is 18.4 Å². The maximum atomic E-state index is 13.1. The van der Waals surface area contributed by atoms with Gasteiger partial charge in [0.05, 0.1) is 6.04 Å². The van der Waals surface area contributed by atoms with Gasteiger partial charge < -0.3 is 20.9 Å². The number of ether oxygens (including phenoxy) is 1. The minimum absolute atomic E-state index is 0.0982. The number of hydrogen-bond acceptors (Lipinski definition) is 4. The largest absolute Gasteiger partial charge is 0.495 e. The highest BCUT2D eigenvalue weighted by Gasteiger charge is 2.37. The first kappa shape index (κ1) is 13.9. The van der Waals surface area contributed by atoms with E-state index in [1.54, 1.807) is 0 Å². The molecule has 1 aliphatic rings. The van der Waals surface area contributed by atoms with Crippen molar-refractivity contribution in [2.45, 2.75) is 30.8 Å². The molecule has 0 aromatic rings. The topological polar surface area (TPSA) is 84.6 Å². The molecule has 7 heteroatoms. The van der Waals surface area contributed by atoms with Crippen LogP contribution >= 0.6 is 0 Å². The first-order chi connectivity index (χ1) is 7.82. The third-order valence-electron chi connectivity index (χ3n) is 2.54. The van der Waals surface area contributed by atoms with Crippen LogP contribution in [0.15, 0.2) is 12.3 Å². The summed E-state index contributed by atoms with van der Waals surface area (Å²) in [5.74, 6) is -3.85. The summed E-state index contributed by atoms with van der Waals surface area (Å²) in [6.45, 7) is 3.40. The Kier molecular flexibility index (Phi) is 4.41. The number of alkyl halides is 2.